The monoisotopic (exact) mass is 489 g/mol. The third-order valence-corrected chi connectivity index (χ3v) is 5.71. The summed E-state index contributed by atoms with van der Waals surface area (Å²) in [5, 5.41) is 0. The van der Waals surface area contributed by atoms with Crippen molar-refractivity contribution in [2.24, 2.45) is 0 Å². The van der Waals surface area contributed by atoms with Crippen molar-refractivity contribution in [2.75, 3.05) is 34.0 Å². The zero-order valence-electron chi connectivity index (χ0n) is 17.9. The van der Waals surface area contributed by atoms with E-state index >= 15 is 0 Å². The van der Waals surface area contributed by atoms with Crippen LogP contribution in [0.25, 0.3) is 0 Å². The number of nitrogens with zero attached hydrogens (tertiary/aromatic N) is 1. The lowest BCUT2D eigenvalue weighted by atomic mass is 10.1. The fourth-order valence-corrected chi connectivity index (χ4v) is 4.07. The third-order valence-electron chi connectivity index (χ3n) is 5.09. The second-order valence-electron chi connectivity index (χ2n) is 7.25. The summed E-state index contributed by atoms with van der Waals surface area (Å²) in [7, 11) is 3.20. The second kappa shape index (κ2) is 11.2. The Morgan fingerprint density at radius 2 is 1.97 bits per heavy atom. The molecule has 0 aliphatic carbocycles. The molecule has 1 saturated heterocycles. The van der Waals surface area contributed by atoms with Gasteiger partial charge in [-0.05, 0) is 64.7 Å². The first-order valence-electron chi connectivity index (χ1n) is 10.2. The standard InChI is InChI=1S/C24H28BrNO5/c1-4-11-31-22-9-7-17(13-23(22)29-3)15-26(16-19-6-5-12-30-19)24(27)18-8-10-21(28-2)20(25)14-18/h4,7-10,13-14,19H,1,5-6,11-12,15-16H2,2-3H3. The Balaban J connectivity index is 1.84. The molecule has 0 bridgehead atoms. The van der Waals surface area contributed by atoms with E-state index in [4.69, 9.17) is 18.9 Å². The molecule has 0 aromatic heterocycles. The van der Waals surface area contributed by atoms with Gasteiger partial charge in [-0.3, -0.25) is 4.79 Å². The van der Waals surface area contributed by atoms with Crippen LogP contribution in [0.15, 0.2) is 53.5 Å². The number of benzene rings is 2. The van der Waals surface area contributed by atoms with E-state index in [0.717, 1.165) is 29.5 Å². The summed E-state index contributed by atoms with van der Waals surface area (Å²) in [5.74, 6) is 1.88. The van der Waals surface area contributed by atoms with Gasteiger partial charge in [-0.2, -0.15) is 0 Å². The largest absolute Gasteiger partial charge is 0.496 e. The van der Waals surface area contributed by atoms with Crippen LogP contribution in [0.3, 0.4) is 0 Å². The first-order valence-corrected chi connectivity index (χ1v) is 11.0. The average Bonchev–Trinajstić information content (AvgIpc) is 3.30. The smallest absolute Gasteiger partial charge is 0.254 e. The van der Waals surface area contributed by atoms with Gasteiger partial charge in [0.25, 0.3) is 5.91 Å². The van der Waals surface area contributed by atoms with Crippen molar-refractivity contribution in [1.29, 1.82) is 0 Å². The van der Waals surface area contributed by atoms with Crippen LogP contribution in [-0.2, 0) is 11.3 Å². The van der Waals surface area contributed by atoms with Gasteiger partial charge in [0.2, 0.25) is 0 Å². The quantitative estimate of drug-likeness (QED) is 0.446. The molecule has 166 valence electrons. The number of halogens is 1. The molecular formula is C24H28BrNO5. The second-order valence-corrected chi connectivity index (χ2v) is 8.11. The van der Waals surface area contributed by atoms with Gasteiger partial charge in [0, 0.05) is 25.3 Å². The molecule has 1 heterocycles. The molecular weight excluding hydrogens is 462 g/mol. The maximum Gasteiger partial charge on any atom is 0.254 e. The van der Waals surface area contributed by atoms with Gasteiger partial charge in [-0.15, -0.1) is 0 Å². The topological polar surface area (TPSA) is 57.2 Å². The average molecular weight is 490 g/mol. The van der Waals surface area contributed by atoms with Crippen molar-refractivity contribution in [3.05, 3.63) is 64.7 Å². The van der Waals surface area contributed by atoms with E-state index in [1.54, 1.807) is 38.5 Å². The minimum Gasteiger partial charge on any atom is -0.496 e. The molecule has 1 amide bonds. The van der Waals surface area contributed by atoms with Crippen molar-refractivity contribution in [2.45, 2.75) is 25.5 Å². The first kappa shape index (κ1) is 23.2. The highest BCUT2D eigenvalue weighted by Gasteiger charge is 2.24. The lowest BCUT2D eigenvalue weighted by Gasteiger charge is -2.26. The summed E-state index contributed by atoms with van der Waals surface area (Å²) in [6.07, 6.45) is 3.70. The number of hydrogen-bond donors (Lipinski definition) is 0. The molecule has 1 aliphatic heterocycles. The van der Waals surface area contributed by atoms with Crippen molar-refractivity contribution >= 4 is 21.8 Å². The maximum absolute atomic E-state index is 13.4. The van der Waals surface area contributed by atoms with Crippen molar-refractivity contribution in [3.63, 3.8) is 0 Å². The molecule has 7 heteroatoms. The zero-order chi connectivity index (χ0) is 22.2. The summed E-state index contributed by atoms with van der Waals surface area (Å²) in [6.45, 7) is 5.76. The van der Waals surface area contributed by atoms with Gasteiger partial charge in [-0.1, -0.05) is 18.7 Å². The predicted molar refractivity (Wildman–Crippen MR) is 123 cm³/mol. The summed E-state index contributed by atoms with van der Waals surface area (Å²) in [6, 6.07) is 11.1. The van der Waals surface area contributed by atoms with E-state index < -0.39 is 0 Å². The Morgan fingerprint density at radius 3 is 2.61 bits per heavy atom. The summed E-state index contributed by atoms with van der Waals surface area (Å²) in [5.41, 5.74) is 1.53. The molecule has 2 aromatic carbocycles. The number of carbonyl (C=O) groups is 1. The molecule has 0 radical (unpaired) electrons. The number of hydrogen-bond acceptors (Lipinski definition) is 5. The fraction of sp³-hybridized carbons (Fsp3) is 0.375. The molecule has 0 saturated carbocycles. The number of carbonyl (C=O) groups excluding carboxylic acids is 1. The Kier molecular flexibility index (Phi) is 8.37. The third kappa shape index (κ3) is 6.02. The van der Waals surface area contributed by atoms with E-state index in [0.29, 0.717) is 42.5 Å². The molecule has 2 aromatic rings. The highest BCUT2D eigenvalue weighted by molar-refractivity contribution is 9.10. The number of ether oxygens (including phenoxy) is 4. The van der Waals surface area contributed by atoms with Crippen molar-refractivity contribution in [1.82, 2.24) is 4.90 Å². The summed E-state index contributed by atoms with van der Waals surface area (Å²) >= 11 is 3.47. The van der Waals surface area contributed by atoms with Crippen LogP contribution in [-0.4, -0.2) is 50.9 Å². The Morgan fingerprint density at radius 1 is 1.19 bits per heavy atom. The first-order chi connectivity index (χ1) is 15.0. The SMILES string of the molecule is C=CCOc1ccc(CN(CC2CCCO2)C(=O)c2ccc(OC)c(Br)c2)cc1OC. The van der Waals surface area contributed by atoms with Gasteiger partial charge >= 0.3 is 0 Å². The number of methoxy groups -OCH3 is 2. The normalized spacial score (nSPS) is 15.4. The zero-order valence-corrected chi connectivity index (χ0v) is 19.5. The van der Waals surface area contributed by atoms with Crippen molar-refractivity contribution < 1.29 is 23.7 Å². The van der Waals surface area contributed by atoms with Crippen LogP contribution in [0, 0.1) is 0 Å². The summed E-state index contributed by atoms with van der Waals surface area (Å²) < 4.78 is 22.9. The van der Waals surface area contributed by atoms with Crippen LogP contribution in [0.1, 0.15) is 28.8 Å². The number of amides is 1. The molecule has 0 N–H and O–H groups in total. The Hall–Kier alpha value is -2.51. The van der Waals surface area contributed by atoms with Gasteiger partial charge in [0.1, 0.15) is 12.4 Å². The molecule has 3 rings (SSSR count). The molecule has 31 heavy (non-hydrogen) atoms. The van der Waals surface area contributed by atoms with Gasteiger partial charge in [0.05, 0.1) is 24.8 Å². The van der Waals surface area contributed by atoms with E-state index in [1.807, 2.05) is 23.1 Å². The van der Waals surface area contributed by atoms with Crippen molar-refractivity contribution in [3.8, 4) is 17.2 Å². The maximum atomic E-state index is 13.4. The molecule has 1 unspecified atom stereocenters. The minimum absolute atomic E-state index is 0.0442. The van der Waals surface area contributed by atoms with E-state index in [2.05, 4.69) is 22.5 Å². The van der Waals surface area contributed by atoms with Crippen LogP contribution >= 0.6 is 15.9 Å². The minimum atomic E-state index is -0.0650. The lowest BCUT2D eigenvalue weighted by Crippen LogP contribution is -2.37. The molecule has 6 nitrogen and oxygen atoms in total. The Bertz CT molecular complexity index is 911. The molecule has 1 aliphatic rings. The Labute approximate surface area is 191 Å². The van der Waals surface area contributed by atoms with Crippen LogP contribution < -0.4 is 14.2 Å². The highest BCUT2D eigenvalue weighted by Crippen LogP contribution is 2.30. The van der Waals surface area contributed by atoms with E-state index in [1.165, 1.54) is 0 Å². The van der Waals surface area contributed by atoms with Crippen LogP contribution in [0.5, 0.6) is 17.2 Å². The molecule has 1 atom stereocenters. The fourth-order valence-electron chi connectivity index (χ4n) is 3.53. The van der Waals surface area contributed by atoms with Gasteiger partial charge in [0.15, 0.2) is 11.5 Å². The highest BCUT2D eigenvalue weighted by atomic mass is 79.9. The van der Waals surface area contributed by atoms with Crippen LogP contribution in [0.2, 0.25) is 0 Å². The molecule has 1 fully saturated rings. The lowest BCUT2D eigenvalue weighted by molar-refractivity contribution is 0.0507. The van der Waals surface area contributed by atoms with E-state index in [9.17, 15) is 4.79 Å². The van der Waals surface area contributed by atoms with Gasteiger partial charge < -0.3 is 23.8 Å². The predicted octanol–water partition coefficient (Wildman–Crippen LogP) is 4.85. The van der Waals surface area contributed by atoms with Crippen LogP contribution in [0.4, 0.5) is 0 Å². The molecule has 0 spiro atoms. The van der Waals surface area contributed by atoms with Gasteiger partial charge in [-0.25, -0.2) is 0 Å². The summed E-state index contributed by atoms with van der Waals surface area (Å²) in [4.78, 5) is 15.2. The van der Waals surface area contributed by atoms with E-state index in [-0.39, 0.29) is 12.0 Å². The number of rotatable bonds is 10.